The summed E-state index contributed by atoms with van der Waals surface area (Å²) in [7, 11) is 2.90. The summed E-state index contributed by atoms with van der Waals surface area (Å²) in [4.78, 5) is 49.9. The van der Waals surface area contributed by atoms with Crippen molar-refractivity contribution in [2.24, 2.45) is 0 Å². The molecule has 39 heavy (non-hydrogen) atoms. The van der Waals surface area contributed by atoms with Gasteiger partial charge in [0.15, 0.2) is 11.5 Å². The Balaban J connectivity index is 1.52. The lowest BCUT2D eigenvalue weighted by molar-refractivity contribution is -0.385. The number of carbonyl (C=O) groups is 3. The first kappa shape index (κ1) is 27.2. The first-order chi connectivity index (χ1) is 18.8. The second kappa shape index (κ2) is 12.1. The van der Waals surface area contributed by atoms with Crippen LogP contribution in [0, 0.1) is 10.1 Å². The van der Waals surface area contributed by atoms with Crippen LogP contribution in [0.1, 0.15) is 11.1 Å². The number of nitro benzene ring substituents is 1. The summed E-state index contributed by atoms with van der Waals surface area (Å²) in [6.45, 7) is -0.364. The molecule has 0 aromatic heterocycles. The number of thioether (sulfide) groups is 1. The molecule has 1 aliphatic rings. The molecule has 0 saturated carbocycles. The maximum absolute atomic E-state index is 12.9. The molecular weight excluding hydrogens is 526 g/mol. The molecule has 4 rings (SSSR count). The van der Waals surface area contributed by atoms with Crippen LogP contribution in [0.4, 0.5) is 16.2 Å². The van der Waals surface area contributed by atoms with Crippen molar-refractivity contribution in [2.75, 3.05) is 26.1 Å². The molecular formula is C27H23N3O8S. The molecule has 1 N–H and O–H groups in total. The fourth-order valence-corrected chi connectivity index (χ4v) is 4.47. The van der Waals surface area contributed by atoms with E-state index in [2.05, 4.69) is 5.32 Å². The van der Waals surface area contributed by atoms with Gasteiger partial charge in [0.2, 0.25) is 5.91 Å². The van der Waals surface area contributed by atoms with Crippen molar-refractivity contribution in [3.63, 3.8) is 0 Å². The largest absolute Gasteiger partial charge is 0.497 e. The van der Waals surface area contributed by atoms with Crippen LogP contribution in [0.3, 0.4) is 0 Å². The van der Waals surface area contributed by atoms with Crippen molar-refractivity contribution in [1.29, 1.82) is 0 Å². The van der Waals surface area contributed by atoms with Gasteiger partial charge in [-0.15, -0.1) is 0 Å². The lowest BCUT2D eigenvalue weighted by Crippen LogP contribution is -2.36. The Morgan fingerprint density at radius 3 is 2.38 bits per heavy atom. The van der Waals surface area contributed by atoms with Gasteiger partial charge >= 0.3 is 0 Å². The van der Waals surface area contributed by atoms with E-state index in [0.29, 0.717) is 23.2 Å². The monoisotopic (exact) mass is 549 g/mol. The molecule has 1 aliphatic heterocycles. The van der Waals surface area contributed by atoms with E-state index in [-0.39, 0.29) is 34.3 Å². The zero-order valence-electron chi connectivity index (χ0n) is 20.9. The fraction of sp³-hybridized carbons (Fsp3) is 0.148. The van der Waals surface area contributed by atoms with Crippen LogP contribution in [0.15, 0.2) is 71.6 Å². The molecule has 200 valence electrons. The number of imide groups is 1. The van der Waals surface area contributed by atoms with Crippen molar-refractivity contribution in [2.45, 2.75) is 6.61 Å². The number of benzene rings is 3. The normalized spacial score (nSPS) is 13.9. The molecule has 3 amide bonds. The lowest BCUT2D eigenvalue weighted by Gasteiger charge is -2.13. The predicted molar refractivity (Wildman–Crippen MR) is 145 cm³/mol. The van der Waals surface area contributed by atoms with Crippen LogP contribution in [-0.2, 0) is 16.2 Å². The molecule has 0 aliphatic carbocycles. The molecule has 0 spiro atoms. The van der Waals surface area contributed by atoms with Crippen molar-refractivity contribution < 1.29 is 33.5 Å². The molecule has 0 atom stereocenters. The van der Waals surface area contributed by atoms with Crippen LogP contribution in [-0.4, -0.2) is 47.6 Å². The first-order valence-electron chi connectivity index (χ1n) is 11.5. The number of hydrogen-bond acceptors (Lipinski definition) is 9. The van der Waals surface area contributed by atoms with E-state index in [9.17, 15) is 24.5 Å². The van der Waals surface area contributed by atoms with Gasteiger partial charge in [-0.25, -0.2) is 0 Å². The maximum Gasteiger partial charge on any atom is 0.294 e. The molecule has 1 saturated heterocycles. The summed E-state index contributed by atoms with van der Waals surface area (Å²) >= 11 is 0.583. The van der Waals surface area contributed by atoms with Gasteiger partial charge < -0.3 is 19.5 Å². The summed E-state index contributed by atoms with van der Waals surface area (Å²) in [5.74, 6) is -0.371. The van der Waals surface area contributed by atoms with E-state index in [1.807, 2.05) is 30.3 Å². The van der Waals surface area contributed by atoms with Crippen molar-refractivity contribution in [1.82, 2.24) is 4.90 Å². The topological polar surface area (TPSA) is 137 Å². The van der Waals surface area contributed by atoms with Crippen LogP contribution in [0.2, 0.25) is 0 Å². The molecule has 0 radical (unpaired) electrons. The average molecular weight is 550 g/mol. The molecule has 12 heteroatoms. The standard InChI is InChI=1S/C27H23N3O8S/c1-36-20-10-8-19(9-11-20)28-25(31)15-29-26(32)24(39-27(29)33)13-18-12-22(37-2)23(14-21(18)30(34)35)38-16-17-6-4-3-5-7-17/h3-14H,15-16H2,1-2H3,(H,28,31)/b24-13+. The summed E-state index contributed by atoms with van der Waals surface area (Å²) in [5, 5.41) is 13.8. The van der Waals surface area contributed by atoms with Crippen LogP contribution in [0.5, 0.6) is 17.2 Å². The Morgan fingerprint density at radius 1 is 1.03 bits per heavy atom. The van der Waals surface area contributed by atoms with Gasteiger partial charge in [0, 0.05) is 5.69 Å². The molecule has 0 bridgehead atoms. The van der Waals surface area contributed by atoms with Crippen LogP contribution < -0.4 is 19.5 Å². The van der Waals surface area contributed by atoms with E-state index >= 15 is 0 Å². The van der Waals surface area contributed by atoms with E-state index < -0.39 is 28.5 Å². The quantitative estimate of drug-likeness (QED) is 0.213. The summed E-state index contributed by atoms with van der Waals surface area (Å²) in [6.07, 6.45) is 1.23. The number of amides is 3. The van der Waals surface area contributed by atoms with E-state index in [4.69, 9.17) is 14.2 Å². The first-order valence-corrected chi connectivity index (χ1v) is 12.3. The van der Waals surface area contributed by atoms with Gasteiger partial charge in [0.25, 0.3) is 16.8 Å². The van der Waals surface area contributed by atoms with Crippen molar-refractivity contribution in [3.8, 4) is 17.2 Å². The van der Waals surface area contributed by atoms with Crippen LogP contribution >= 0.6 is 11.8 Å². The van der Waals surface area contributed by atoms with E-state index in [1.165, 1.54) is 32.4 Å². The Morgan fingerprint density at radius 2 is 1.74 bits per heavy atom. The zero-order valence-corrected chi connectivity index (χ0v) is 21.7. The molecule has 11 nitrogen and oxygen atoms in total. The number of nitro groups is 1. The molecule has 3 aromatic carbocycles. The minimum absolute atomic E-state index is 0.0390. The third-order valence-corrected chi connectivity index (χ3v) is 6.49. The third kappa shape index (κ3) is 6.54. The molecule has 1 fully saturated rings. The zero-order chi connectivity index (χ0) is 27.9. The summed E-state index contributed by atoms with van der Waals surface area (Å²) in [6, 6.07) is 18.4. The van der Waals surface area contributed by atoms with Gasteiger partial charge in [0.05, 0.1) is 35.7 Å². The number of methoxy groups -OCH3 is 2. The third-order valence-electron chi connectivity index (χ3n) is 5.58. The van der Waals surface area contributed by atoms with Crippen molar-refractivity contribution in [3.05, 3.63) is 92.9 Å². The minimum Gasteiger partial charge on any atom is -0.497 e. The number of rotatable bonds is 10. The van der Waals surface area contributed by atoms with E-state index in [0.717, 1.165) is 10.5 Å². The number of anilines is 1. The van der Waals surface area contributed by atoms with Gasteiger partial charge in [-0.3, -0.25) is 29.4 Å². The predicted octanol–water partition coefficient (Wildman–Crippen LogP) is 4.87. The Hall–Kier alpha value is -4.84. The van der Waals surface area contributed by atoms with Gasteiger partial charge in [0.1, 0.15) is 18.9 Å². The second-order valence-electron chi connectivity index (χ2n) is 8.14. The summed E-state index contributed by atoms with van der Waals surface area (Å²) in [5.41, 5.74) is 1.01. The van der Waals surface area contributed by atoms with Gasteiger partial charge in [-0.2, -0.15) is 0 Å². The fourth-order valence-electron chi connectivity index (χ4n) is 3.64. The highest BCUT2D eigenvalue weighted by molar-refractivity contribution is 8.18. The number of carbonyl (C=O) groups excluding carboxylic acids is 3. The molecule has 1 heterocycles. The highest BCUT2D eigenvalue weighted by atomic mass is 32.2. The van der Waals surface area contributed by atoms with Gasteiger partial charge in [-0.05, 0) is 53.7 Å². The average Bonchev–Trinajstić information content (AvgIpc) is 3.19. The Kier molecular flexibility index (Phi) is 8.46. The maximum atomic E-state index is 12.9. The lowest BCUT2D eigenvalue weighted by atomic mass is 10.1. The highest BCUT2D eigenvalue weighted by Crippen LogP contribution is 2.39. The number of nitrogens with one attached hydrogen (secondary N) is 1. The van der Waals surface area contributed by atoms with Gasteiger partial charge in [-0.1, -0.05) is 30.3 Å². The summed E-state index contributed by atoms with van der Waals surface area (Å²) < 4.78 is 16.2. The SMILES string of the molecule is COc1ccc(NC(=O)CN2C(=O)S/C(=C/c3cc(OC)c(OCc4ccccc4)cc3[N+](=O)[O-])C2=O)cc1. The van der Waals surface area contributed by atoms with Crippen molar-refractivity contribution >= 4 is 46.3 Å². The van der Waals surface area contributed by atoms with E-state index in [1.54, 1.807) is 24.3 Å². The minimum atomic E-state index is -0.743. The number of ether oxygens (including phenoxy) is 3. The van der Waals surface area contributed by atoms with Crippen LogP contribution in [0.25, 0.3) is 6.08 Å². The Bertz CT molecular complexity index is 1440. The second-order valence-corrected chi connectivity index (χ2v) is 9.13. The number of nitrogens with zero attached hydrogens (tertiary/aromatic N) is 2. The molecule has 0 unspecified atom stereocenters. The highest BCUT2D eigenvalue weighted by Gasteiger charge is 2.37. The Labute approximate surface area is 227 Å². The smallest absolute Gasteiger partial charge is 0.294 e. The number of hydrogen-bond donors (Lipinski definition) is 1. The molecule has 3 aromatic rings.